The number of ether oxygens (including phenoxy) is 1. The van der Waals surface area contributed by atoms with Crippen LogP contribution in [-0.4, -0.2) is 25.0 Å². The van der Waals surface area contributed by atoms with Crippen molar-refractivity contribution in [1.82, 2.24) is 10.6 Å². The lowest BCUT2D eigenvalue weighted by Gasteiger charge is -2.09. The Hall–Kier alpha value is -2.82. The Bertz CT molecular complexity index is 726. The monoisotopic (exact) mass is 354 g/mol. The van der Waals surface area contributed by atoms with E-state index >= 15 is 0 Å². The van der Waals surface area contributed by atoms with E-state index in [9.17, 15) is 9.59 Å². The Morgan fingerprint density at radius 3 is 2.50 bits per heavy atom. The number of amides is 2. The summed E-state index contributed by atoms with van der Waals surface area (Å²) in [6.07, 6.45) is 2.02. The molecule has 26 heavy (non-hydrogen) atoms. The van der Waals surface area contributed by atoms with E-state index in [2.05, 4.69) is 17.6 Å². The molecule has 0 aliphatic carbocycles. The van der Waals surface area contributed by atoms with Gasteiger partial charge in [-0.05, 0) is 48.7 Å². The van der Waals surface area contributed by atoms with E-state index in [0.717, 1.165) is 24.0 Å². The van der Waals surface area contributed by atoms with E-state index in [1.54, 1.807) is 12.1 Å². The molecule has 0 saturated carbocycles. The summed E-state index contributed by atoms with van der Waals surface area (Å²) < 4.78 is 5.47. The molecule has 2 aromatic carbocycles. The van der Waals surface area contributed by atoms with Gasteiger partial charge in [0.25, 0.3) is 11.8 Å². The molecular weight excluding hydrogens is 328 g/mol. The molecule has 0 aliphatic rings. The molecule has 138 valence electrons. The maximum absolute atomic E-state index is 11.9. The molecule has 0 spiro atoms. The quantitative estimate of drug-likeness (QED) is 0.680. The Balaban J connectivity index is 1.74. The number of unbranched alkanes of at least 4 members (excludes halogenated alkanes) is 1. The molecule has 0 fully saturated rings. The summed E-state index contributed by atoms with van der Waals surface area (Å²) in [5.41, 5.74) is 2.64. The fraction of sp³-hybridized carbons (Fsp3) is 0.333. The zero-order valence-electron chi connectivity index (χ0n) is 15.4. The third-order valence-electron chi connectivity index (χ3n) is 3.88. The zero-order chi connectivity index (χ0) is 18.8. The minimum absolute atomic E-state index is 0.0264. The fourth-order valence-electron chi connectivity index (χ4n) is 2.36. The predicted molar refractivity (Wildman–Crippen MR) is 102 cm³/mol. The summed E-state index contributed by atoms with van der Waals surface area (Å²) in [5, 5.41) is 5.69. The van der Waals surface area contributed by atoms with E-state index in [-0.39, 0.29) is 18.4 Å². The van der Waals surface area contributed by atoms with Gasteiger partial charge in [0.05, 0.1) is 0 Å². The molecule has 0 saturated heterocycles. The van der Waals surface area contributed by atoms with Gasteiger partial charge >= 0.3 is 0 Å². The second-order valence-electron chi connectivity index (χ2n) is 6.19. The van der Waals surface area contributed by atoms with Crippen LogP contribution in [-0.2, 0) is 11.3 Å². The molecule has 0 heterocycles. The topological polar surface area (TPSA) is 67.4 Å². The molecule has 0 aliphatic heterocycles. The Morgan fingerprint density at radius 1 is 1.04 bits per heavy atom. The number of benzene rings is 2. The lowest BCUT2D eigenvalue weighted by atomic mass is 10.1. The van der Waals surface area contributed by atoms with Crippen molar-refractivity contribution in [2.45, 2.75) is 33.2 Å². The molecule has 2 amide bonds. The second kappa shape index (κ2) is 10.2. The lowest BCUT2D eigenvalue weighted by Crippen LogP contribution is -2.28. The zero-order valence-corrected chi connectivity index (χ0v) is 15.4. The molecule has 5 heteroatoms. The summed E-state index contributed by atoms with van der Waals surface area (Å²) in [7, 11) is 0. The first-order valence-corrected chi connectivity index (χ1v) is 8.92. The standard InChI is InChI=1S/C21H26N2O3/c1-3-4-12-22-21(25)18-10-8-17(9-11-18)14-23-20(24)15-26-19-7-5-6-16(2)13-19/h5-11,13H,3-4,12,14-15H2,1-2H3,(H,22,25)(H,23,24). The SMILES string of the molecule is CCCCNC(=O)c1ccc(CNC(=O)COc2cccc(C)c2)cc1. The van der Waals surface area contributed by atoms with E-state index in [4.69, 9.17) is 4.74 Å². The van der Waals surface area contributed by atoms with Crippen LogP contribution in [0.1, 0.15) is 41.3 Å². The van der Waals surface area contributed by atoms with Crippen molar-refractivity contribution >= 4 is 11.8 Å². The van der Waals surface area contributed by atoms with Crippen molar-refractivity contribution in [3.63, 3.8) is 0 Å². The van der Waals surface area contributed by atoms with Crippen LogP contribution >= 0.6 is 0 Å². The van der Waals surface area contributed by atoms with Crippen molar-refractivity contribution < 1.29 is 14.3 Å². The minimum atomic E-state index is -0.187. The summed E-state index contributed by atoms with van der Waals surface area (Å²) in [6, 6.07) is 14.8. The number of carbonyl (C=O) groups is 2. The maximum atomic E-state index is 11.9. The molecule has 2 rings (SSSR count). The Morgan fingerprint density at radius 2 is 1.81 bits per heavy atom. The van der Waals surface area contributed by atoms with Crippen LogP contribution < -0.4 is 15.4 Å². The van der Waals surface area contributed by atoms with Gasteiger partial charge in [0.15, 0.2) is 6.61 Å². The molecule has 0 aromatic heterocycles. The van der Waals surface area contributed by atoms with Gasteiger partial charge in [-0.2, -0.15) is 0 Å². The van der Waals surface area contributed by atoms with Gasteiger partial charge in [-0.15, -0.1) is 0 Å². The molecule has 0 radical (unpaired) electrons. The van der Waals surface area contributed by atoms with Gasteiger partial charge in [-0.25, -0.2) is 0 Å². The number of nitrogens with one attached hydrogen (secondary N) is 2. The van der Waals surface area contributed by atoms with E-state index in [0.29, 0.717) is 24.4 Å². The average Bonchev–Trinajstić information content (AvgIpc) is 2.65. The highest BCUT2D eigenvalue weighted by Crippen LogP contribution is 2.12. The molecule has 5 nitrogen and oxygen atoms in total. The van der Waals surface area contributed by atoms with Crippen LogP contribution in [0, 0.1) is 6.92 Å². The normalized spacial score (nSPS) is 10.2. The molecule has 2 aromatic rings. The van der Waals surface area contributed by atoms with Gasteiger partial charge in [0.1, 0.15) is 5.75 Å². The summed E-state index contributed by atoms with van der Waals surface area (Å²) >= 11 is 0. The number of hydrogen-bond donors (Lipinski definition) is 2. The Kier molecular flexibility index (Phi) is 7.68. The smallest absolute Gasteiger partial charge is 0.258 e. The fourth-order valence-corrected chi connectivity index (χ4v) is 2.36. The first-order chi connectivity index (χ1) is 12.6. The van der Waals surface area contributed by atoms with Crippen LogP contribution in [0.25, 0.3) is 0 Å². The number of rotatable bonds is 9. The van der Waals surface area contributed by atoms with Crippen molar-refractivity contribution in [3.8, 4) is 5.75 Å². The summed E-state index contributed by atoms with van der Waals surface area (Å²) in [4.78, 5) is 23.8. The molecule has 0 unspecified atom stereocenters. The molecule has 2 N–H and O–H groups in total. The van der Waals surface area contributed by atoms with Crippen LogP contribution in [0.5, 0.6) is 5.75 Å². The van der Waals surface area contributed by atoms with Gasteiger partial charge in [-0.1, -0.05) is 37.6 Å². The highest BCUT2D eigenvalue weighted by Gasteiger charge is 2.06. The second-order valence-corrected chi connectivity index (χ2v) is 6.19. The predicted octanol–water partition coefficient (Wildman–Crippen LogP) is 3.22. The minimum Gasteiger partial charge on any atom is -0.484 e. The third-order valence-corrected chi connectivity index (χ3v) is 3.88. The average molecular weight is 354 g/mol. The van der Waals surface area contributed by atoms with Crippen LogP contribution in [0.4, 0.5) is 0 Å². The van der Waals surface area contributed by atoms with E-state index in [1.165, 1.54) is 0 Å². The van der Waals surface area contributed by atoms with Crippen LogP contribution in [0.3, 0.4) is 0 Å². The molecule has 0 atom stereocenters. The first-order valence-electron chi connectivity index (χ1n) is 8.92. The summed E-state index contributed by atoms with van der Waals surface area (Å²) in [6.45, 7) is 5.12. The lowest BCUT2D eigenvalue weighted by molar-refractivity contribution is -0.123. The third kappa shape index (κ3) is 6.59. The van der Waals surface area contributed by atoms with Crippen molar-refractivity contribution in [2.75, 3.05) is 13.2 Å². The van der Waals surface area contributed by atoms with Crippen LogP contribution in [0.2, 0.25) is 0 Å². The van der Waals surface area contributed by atoms with Crippen molar-refractivity contribution in [2.24, 2.45) is 0 Å². The van der Waals surface area contributed by atoms with Gasteiger partial charge in [0.2, 0.25) is 0 Å². The number of hydrogen-bond acceptors (Lipinski definition) is 3. The highest BCUT2D eigenvalue weighted by atomic mass is 16.5. The molecule has 0 bridgehead atoms. The van der Waals surface area contributed by atoms with Gasteiger partial charge < -0.3 is 15.4 Å². The first kappa shape index (κ1) is 19.5. The number of carbonyl (C=O) groups excluding carboxylic acids is 2. The van der Waals surface area contributed by atoms with E-state index < -0.39 is 0 Å². The van der Waals surface area contributed by atoms with Gasteiger partial charge in [0, 0.05) is 18.7 Å². The Labute approximate surface area is 154 Å². The molecular formula is C21H26N2O3. The van der Waals surface area contributed by atoms with Gasteiger partial charge in [-0.3, -0.25) is 9.59 Å². The number of aryl methyl sites for hydroxylation is 1. The maximum Gasteiger partial charge on any atom is 0.258 e. The van der Waals surface area contributed by atoms with Crippen LogP contribution in [0.15, 0.2) is 48.5 Å². The van der Waals surface area contributed by atoms with Crippen molar-refractivity contribution in [1.29, 1.82) is 0 Å². The van der Waals surface area contributed by atoms with E-state index in [1.807, 2.05) is 43.3 Å². The largest absolute Gasteiger partial charge is 0.484 e. The van der Waals surface area contributed by atoms with Crippen molar-refractivity contribution in [3.05, 3.63) is 65.2 Å². The summed E-state index contributed by atoms with van der Waals surface area (Å²) in [5.74, 6) is 0.423. The highest BCUT2D eigenvalue weighted by molar-refractivity contribution is 5.94.